The first-order valence-corrected chi connectivity index (χ1v) is 5.28. The fourth-order valence-electron chi connectivity index (χ4n) is 2.80. The Hall–Kier alpha value is -0.0800. The molecule has 0 aromatic carbocycles. The van der Waals surface area contributed by atoms with Crippen molar-refractivity contribution in [2.24, 2.45) is 11.1 Å². The predicted molar refractivity (Wildman–Crippen MR) is 57.7 cm³/mol. The van der Waals surface area contributed by atoms with Gasteiger partial charge >= 0.3 is 0 Å². The second-order valence-corrected chi connectivity index (χ2v) is 5.84. The van der Waals surface area contributed by atoms with Gasteiger partial charge in [0.2, 0.25) is 0 Å². The van der Waals surface area contributed by atoms with E-state index < -0.39 is 0 Å². The van der Waals surface area contributed by atoms with Crippen LogP contribution in [0.15, 0.2) is 0 Å². The predicted octanol–water partition coefficient (Wildman–Crippen LogP) is 1.85. The summed E-state index contributed by atoms with van der Waals surface area (Å²) in [4.78, 5) is 2.43. The Kier molecular flexibility index (Phi) is 3.03. The van der Waals surface area contributed by atoms with Crippen LogP contribution in [0.25, 0.3) is 0 Å². The zero-order valence-electron chi connectivity index (χ0n) is 9.56. The van der Waals surface area contributed by atoms with Crippen LogP contribution in [0.4, 0.5) is 0 Å². The van der Waals surface area contributed by atoms with Gasteiger partial charge in [0.15, 0.2) is 0 Å². The molecule has 0 spiro atoms. The smallest absolute Gasteiger partial charge is 0.0131 e. The Morgan fingerprint density at radius 1 is 1.23 bits per heavy atom. The molecule has 0 aliphatic carbocycles. The molecule has 0 bridgehead atoms. The van der Waals surface area contributed by atoms with E-state index in [4.69, 9.17) is 5.73 Å². The summed E-state index contributed by atoms with van der Waals surface area (Å²) < 4.78 is 0. The van der Waals surface area contributed by atoms with Crippen molar-refractivity contribution in [3.05, 3.63) is 0 Å². The van der Waals surface area contributed by atoms with Crippen molar-refractivity contribution in [1.82, 2.24) is 4.90 Å². The van der Waals surface area contributed by atoms with Crippen LogP contribution in [0.2, 0.25) is 0 Å². The van der Waals surface area contributed by atoms with Gasteiger partial charge in [0.25, 0.3) is 0 Å². The van der Waals surface area contributed by atoms with Crippen molar-refractivity contribution in [3.63, 3.8) is 0 Å². The van der Waals surface area contributed by atoms with Crippen LogP contribution in [-0.2, 0) is 0 Å². The van der Waals surface area contributed by atoms with Crippen LogP contribution >= 0.6 is 0 Å². The first-order chi connectivity index (χ1) is 5.81. The topological polar surface area (TPSA) is 29.3 Å². The van der Waals surface area contributed by atoms with E-state index in [2.05, 4.69) is 32.7 Å². The quantitative estimate of drug-likeness (QED) is 0.622. The highest BCUT2D eigenvalue weighted by molar-refractivity contribution is 4.89. The molecule has 1 fully saturated rings. The van der Waals surface area contributed by atoms with E-state index in [0.29, 0.717) is 5.41 Å². The maximum atomic E-state index is 6.25. The number of rotatable bonds is 0. The summed E-state index contributed by atoms with van der Waals surface area (Å²) >= 11 is 0. The molecule has 1 aliphatic heterocycles. The molecule has 2 nitrogen and oxygen atoms in total. The lowest BCUT2D eigenvalue weighted by Gasteiger charge is -2.40. The lowest BCUT2D eigenvalue weighted by molar-refractivity contribution is 0.132. The lowest BCUT2D eigenvalue weighted by Crippen LogP contribution is -2.46. The molecule has 0 saturated carbocycles. The molecular weight excluding hydrogens is 160 g/mol. The minimum Gasteiger partial charge on any atom is -0.325 e. The molecular formula is C11H24N2. The molecule has 13 heavy (non-hydrogen) atoms. The molecule has 2 N–H and O–H groups in total. The van der Waals surface area contributed by atoms with Gasteiger partial charge in [-0.15, -0.1) is 0 Å². The molecule has 1 aliphatic rings. The Labute approximate surface area is 82.5 Å². The van der Waals surface area contributed by atoms with Crippen molar-refractivity contribution in [2.75, 3.05) is 20.1 Å². The molecule has 1 saturated heterocycles. The van der Waals surface area contributed by atoms with E-state index in [1.165, 1.54) is 19.5 Å². The fraction of sp³-hybridized carbons (Fsp3) is 1.00. The van der Waals surface area contributed by atoms with E-state index in [-0.39, 0.29) is 5.54 Å². The first kappa shape index (κ1) is 11.0. The lowest BCUT2D eigenvalue weighted by atomic mass is 9.76. The van der Waals surface area contributed by atoms with Crippen molar-refractivity contribution >= 4 is 0 Å². The molecule has 0 aromatic heterocycles. The second-order valence-electron chi connectivity index (χ2n) is 5.84. The van der Waals surface area contributed by atoms with Gasteiger partial charge in [-0.05, 0) is 45.2 Å². The number of hydrogen-bond acceptors (Lipinski definition) is 2. The number of nitrogens with zero attached hydrogens (tertiary/aromatic N) is 1. The summed E-state index contributed by atoms with van der Waals surface area (Å²) in [6.07, 6.45) is 3.52. The average molecular weight is 184 g/mol. The van der Waals surface area contributed by atoms with E-state index in [9.17, 15) is 0 Å². The number of hydrogen-bond donors (Lipinski definition) is 1. The maximum Gasteiger partial charge on any atom is 0.0131 e. The summed E-state index contributed by atoms with van der Waals surface area (Å²) in [5.41, 5.74) is 6.66. The van der Waals surface area contributed by atoms with Crippen molar-refractivity contribution in [3.8, 4) is 0 Å². The average Bonchev–Trinajstić information content (AvgIpc) is 1.78. The molecule has 1 atom stereocenters. The number of likely N-dealkylation sites (tertiary alicyclic amines) is 1. The third-order valence-corrected chi connectivity index (χ3v) is 2.87. The normalized spacial score (nSPS) is 36.7. The highest BCUT2D eigenvalue weighted by Crippen LogP contribution is 2.31. The maximum absolute atomic E-state index is 6.25. The molecule has 2 heteroatoms. The first-order valence-electron chi connectivity index (χ1n) is 5.28. The van der Waals surface area contributed by atoms with Crippen LogP contribution in [-0.4, -0.2) is 30.6 Å². The zero-order chi connectivity index (χ0) is 10.1. The Balaban J connectivity index is 2.65. The third kappa shape index (κ3) is 3.65. The SMILES string of the molecule is CN1CCCC(C)(N)CC(C)(C)C1. The van der Waals surface area contributed by atoms with Gasteiger partial charge in [0.05, 0.1) is 0 Å². The van der Waals surface area contributed by atoms with Gasteiger partial charge in [0.1, 0.15) is 0 Å². The minimum absolute atomic E-state index is 0.0464. The van der Waals surface area contributed by atoms with Gasteiger partial charge < -0.3 is 10.6 Å². The van der Waals surface area contributed by atoms with Crippen molar-refractivity contribution < 1.29 is 0 Å². The van der Waals surface area contributed by atoms with E-state index >= 15 is 0 Å². The summed E-state index contributed by atoms with van der Waals surface area (Å²) in [6, 6.07) is 0. The molecule has 0 aromatic rings. The van der Waals surface area contributed by atoms with Crippen LogP contribution in [0.3, 0.4) is 0 Å². The number of nitrogens with two attached hydrogens (primary N) is 1. The van der Waals surface area contributed by atoms with Gasteiger partial charge in [-0.1, -0.05) is 13.8 Å². The Morgan fingerprint density at radius 2 is 1.85 bits per heavy atom. The van der Waals surface area contributed by atoms with Crippen LogP contribution in [0, 0.1) is 5.41 Å². The second kappa shape index (κ2) is 3.58. The van der Waals surface area contributed by atoms with Crippen molar-refractivity contribution in [1.29, 1.82) is 0 Å². The standard InChI is InChI=1S/C11H24N2/c1-10(2)8-11(3,12)6-5-7-13(4)9-10/h5-9,12H2,1-4H3. The molecule has 1 heterocycles. The highest BCUT2D eigenvalue weighted by Gasteiger charge is 2.31. The Bertz CT molecular complexity index is 173. The van der Waals surface area contributed by atoms with Crippen LogP contribution in [0.5, 0.6) is 0 Å². The van der Waals surface area contributed by atoms with Gasteiger partial charge in [-0.3, -0.25) is 0 Å². The van der Waals surface area contributed by atoms with E-state index in [0.717, 1.165) is 12.8 Å². The van der Waals surface area contributed by atoms with E-state index in [1.54, 1.807) is 0 Å². The van der Waals surface area contributed by atoms with Gasteiger partial charge in [-0.25, -0.2) is 0 Å². The summed E-state index contributed by atoms with van der Waals surface area (Å²) in [5.74, 6) is 0. The summed E-state index contributed by atoms with van der Waals surface area (Å²) in [5, 5.41) is 0. The van der Waals surface area contributed by atoms with Crippen LogP contribution in [0.1, 0.15) is 40.0 Å². The molecule has 0 radical (unpaired) electrons. The third-order valence-electron chi connectivity index (χ3n) is 2.87. The Morgan fingerprint density at radius 3 is 2.46 bits per heavy atom. The zero-order valence-corrected chi connectivity index (χ0v) is 9.56. The van der Waals surface area contributed by atoms with Crippen LogP contribution < -0.4 is 5.73 Å². The van der Waals surface area contributed by atoms with E-state index in [1.807, 2.05) is 0 Å². The molecule has 0 amide bonds. The monoisotopic (exact) mass is 184 g/mol. The minimum atomic E-state index is 0.0464. The summed E-state index contributed by atoms with van der Waals surface area (Å²) in [7, 11) is 2.21. The highest BCUT2D eigenvalue weighted by atomic mass is 15.1. The molecule has 1 unspecified atom stereocenters. The largest absolute Gasteiger partial charge is 0.325 e. The van der Waals surface area contributed by atoms with Crippen molar-refractivity contribution in [2.45, 2.75) is 45.6 Å². The molecule has 78 valence electrons. The van der Waals surface area contributed by atoms with Gasteiger partial charge in [0, 0.05) is 12.1 Å². The van der Waals surface area contributed by atoms with Gasteiger partial charge in [-0.2, -0.15) is 0 Å². The molecule has 1 rings (SSSR count). The summed E-state index contributed by atoms with van der Waals surface area (Å²) in [6.45, 7) is 9.19. The fourth-order valence-corrected chi connectivity index (χ4v) is 2.80.